The lowest BCUT2D eigenvalue weighted by atomic mass is 9.98. The van der Waals surface area contributed by atoms with Crippen molar-refractivity contribution in [2.75, 3.05) is 6.61 Å². The Hall–Kier alpha value is -3.15. The van der Waals surface area contributed by atoms with E-state index in [2.05, 4.69) is 0 Å². The van der Waals surface area contributed by atoms with E-state index in [0.29, 0.717) is 0 Å². The van der Waals surface area contributed by atoms with Crippen molar-refractivity contribution in [2.45, 2.75) is 12.3 Å². The molecule has 0 saturated heterocycles. The first-order chi connectivity index (χ1) is 12.0. The predicted molar refractivity (Wildman–Crippen MR) is 89.6 cm³/mol. The quantitative estimate of drug-likeness (QED) is 0.618. The summed E-state index contributed by atoms with van der Waals surface area (Å²) in [7, 11) is 0. The minimum atomic E-state index is -1.48. The maximum Gasteiger partial charge on any atom is 0.319 e. The van der Waals surface area contributed by atoms with E-state index in [1.165, 1.54) is 0 Å². The molecule has 0 unspecified atom stereocenters. The van der Waals surface area contributed by atoms with E-state index in [9.17, 15) is 14.4 Å². The molecule has 1 aliphatic carbocycles. The number of esters is 1. The highest BCUT2D eigenvalue weighted by Crippen LogP contribution is 2.44. The highest BCUT2D eigenvalue weighted by molar-refractivity contribution is 5.99. The Balaban J connectivity index is 1.80. The average molecular weight is 339 g/mol. The molecule has 6 nitrogen and oxygen atoms in total. The fourth-order valence-corrected chi connectivity index (χ4v) is 3.18. The second kappa shape index (κ2) is 6.76. The third-order valence-electron chi connectivity index (χ3n) is 4.36. The minimum Gasteiger partial charge on any atom is -0.481 e. The van der Waals surface area contributed by atoms with E-state index in [0.717, 1.165) is 22.3 Å². The molecule has 0 bridgehead atoms. The zero-order valence-electron chi connectivity index (χ0n) is 13.3. The molecule has 0 aliphatic heterocycles. The van der Waals surface area contributed by atoms with Gasteiger partial charge < -0.3 is 15.6 Å². The van der Waals surface area contributed by atoms with Crippen LogP contribution in [-0.2, 0) is 19.1 Å². The first-order valence-corrected chi connectivity index (χ1v) is 7.85. The maximum atomic E-state index is 12.1. The van der Waals surface area contributed by atoms with Gasteiger partial charge in [-0.3, -0.25) is 14.4 Å². The van der Waals surface area contributed by atoms with Crippen molar-refractivity contribution in [1.82, 2.24) is 0 Å². The molecule has 2 aromatic carbocycles. The van der Waals surface area contributed by atoms with E-state index >= 15 is 0 Å². The molecule has 128 valence electrons. The molecule has 3 rings (SSSR count). The second-order valence-corrected chi connectivity index (χ2v) is 5.91. The number of amides is 1. The number of hydrogen-bond acceptors (Lipinski definition) is 4. The Kier molecular flexibility index (Phi) is 4.52. The summed E-state index contributed by atoms with van der Waals surface area (Å²) in [4.78, 5) is 34.2. The van der Waals surface area contributed by atoms with Crippen molar-refractivity contribution >= 4 is 17.8 Å². The normalized spacial score (nSPS) is 13.6. The zero-order valence-corrected chi connectivity index (χ0v) is 13.3. The van der Waals surface area contributed by atoms with Crippen LogP contribution in [0.4, 0.5) is 0 Å². The van der Waals surface area contributed by atoms with Gasteiger partial charge in [-0.15, -0.1) is 0 Å². The maximum absolute atomic E-state index is 12.1. The van der Waals surface area contributed by atoms with Crippen LogP contribution >= 0.6 is 0 Å². The SMILES string of the molecule is NC(=O)[C@H](CC(=O)O)C(=O)OCC1c2ccccc2-c2ccccc21. The molecule has 0 fully saturated rings. The number of benzene rings is 2. The Morgan fingerprint density at radius 2 is 1.52 bits per heavy atom. The van der Waals surface area contributed by atoms with Gasteiger partial charge in [0.05, 0.1) is 6.42 Å². The Labute approximate surface area is 144 Å². The number of aliphatic carboxylic acids is 1. The van der Waals surface area contributed by atoms with Crippen molar-refractivity contribution in [2.24, 2.45) is 11.7 Å². The van der Waals surface area contributed by atoms with Crippen LogP contribution in [0.15, 0.2) is 48.5 Å². The molecule has 6 heteroatoms. The largest absolute Gasteiger partial charge is 0.481 e. The molecule has 0 spiro atoms. The highest BCUT2D eigenvalue weighted by Gasteiger charge is 2.32. The number of carboxylic acid groups (broad SMARTS) is 1. The van der Waals surface area contributed by atoms with Gasteiger partial charge in [0, 0.05) is 5.92 Å². The number of rotatable bonds is 6. The Morgan fingerprint density at radius 1 is 1.00 bits per heavy atom. The summed E-state index contributed by atoms with van der Waals surface area (Å²) in [5, 5.41) is 8.81. The van der Waals surface area contributed by atoms with Crippen LogP contribution in [0.3, 0.4) is 0 Å². The van der Waals surface area contributed by atoms with E-state index in [1.54, 1.807) is 0 Å². The van der Waals surface area contributed by atoms with Crippen molar-refractivity contribution in [3.05, 3.63) is 59.7 Å². The molecule has 1 aliphatic rings. The van der Waals surface area contributed by atoms with E-state index in [4.69, 9.17) is 15.6 Å². The molecule has 3 N–H and O–H groups in total. The van der Waals surface area contributed by atoms with Crippen LogP contribution < -0.4 is 5.73 Å². The third kappa shape index (κ3) is 3.24. The van der Waals surface area contributed by atoms with Gasteiger partial charge in [0.2, 0.25) is 5.91 Å². The monoisotopic (exact) mass is 339 g/mol. The number of carbonyl (C=O) groups excluding carboxylic acids is 2. The molecule has 0 heterocycles. The Bertz CT molecular complexity index is 800. The lowest BCUT2D eigenvalue weighted by Crippen LogP contribution is -2.34. The van der Waals surface area contributed by atoms with Crippen LogP contribution in [0, 0.1) is 5.92 Å². The molecule has 2 aromatic rings. The third-order valence-corrected chi connectivity index (χ3v) is 4.36. The van der Waals surface area contributed by atoms with Crippen LogP contribution in [0.5, 0.6) is 0 Å². The van der Waals surface area contributed by atoms with Crippen LogP contribution in [0.1, 0.15) is 23.5 Å². The van der Waals surface area contributed by atoms with Gasteiger partial charge in [0.25, 0.3) is 0 Å². The van der Waals surface area contributed by atoms with E-state index in [-0.39, 0.29) is 12.5 Å². The first-order valence-electron chi connectivity index (χ1n) is 7.85. The molecule has 25 heavy (non-hydrogen) atoms. The van der Waals surface area contributed by atoms with Gasteiger partial charge in [-0.05, 0) is 22.3 Å². The second-order valence-electron chi connectivity index (χ2n) is 5.91. The predicted octanol–water partition coefficient (Wildman–Crippen LogP) is 1.92. The number of carboxylic acids is 1. The molecule has 0 aromatic heterocycles. The van der Waals surface area contributed by atoms with Gasteiger partial charge in [-0.1, -0.05) is 48.5 Å². The standard InChI is InChI=1S/C19H17NO5/c20-18(23)15(9-17(21)22)19(24)25-10-16-13-7-3-1-5-11(13)12-6-2-4-8-14(12)16/h1-8,15-16H,9-10H2,(H2,20,23)(H,21,22)/t15-/m0/s1. The Morgan fingerprint density at radius 3 is 2.00 bits per heavy atom. The van der Waals surface area contributed by atoms with E-state index in [1.807, 2.05) is 48.5 Å². The molecular formula is C19H17NO5. The fraction of sp³-hybridized carbons (Fsp3) is 0.211. The lowest BCUT2D eigenvalue weighted by Gasteiger charge is -2.16. The first kappa shape index (κ1) is 16.7. The molecule has 1 amide bonds. The summed E-state index contributed by atoms with van der Waals surface area (Å²) < 4.78 is 5.26. The smallest absolute Gasteiger partial charge is 0.319 e. The molecule has 1 atom stereocenters. The fourth-order valence-electron chi connectivity index (χ4n) is 3.18. The van der Waals surface area contributed by atoms with Crippen LogP contribution in [0.2, 0.25) is 0 Å². The number of ether oxygens (including phenoxy) is 1. The lowest BCUT2D eigenvalue weighted by molar-refractivity contribution is -0.156. The summed E-state index contributed by atoms with van der Waals surface area (Å²) in [6.45, 7) is 0.0241. The van der Waals surface area contributed by atoms with Crippen molar-refractivity contribution in [1.29, 1.82) is 0 Å². The zero-order chi connectivity index (χ0) is 18.0. The molecule has 0 saturated carbocycles. The van der Waals surface area contributed by atoms with Crippen LogP contribution in [0.25, 0.3) is 11.1 Å². The average Bonchev–Trinajstić information content (AvgIpc) is 2.91. The van der Waals surface area contributed by atoms with Gasteiger partial charge in [-0.25, -0.2) is 0 Å². The summed E-state index contributed by atoms with van der Waals surface area (Å²) in [6, 6.07) is 15.7. The van der Waals surface area contributed by atoms with E-state index < -0.39 is 30.2 Å². The summed E-state index contributed by atoms with van der Waals surface area (Å²) in [5.41, 5.74) is 9.34. The molecule has 0 radical (unpaired) electrons. The van der Waals surface area contributed by atoms with Crippen molar-refractivity contribution in [3.63, 3.8) is 0 Å². The minimum absolute atomic E-state index is 0.0241. The summed E-state index contributed by atoms with van der Waals surface area (Å²) in [5.74, 6) is -4.83. The summed E-state index contributed by atoms with van der Waals surface area (Å²) in [6.07, 6.45) is -0.675. The van der Waals surface area contributed by atoms with Crippen molar-refractivity contribution in [3.8, 4) is 11.1 Å². The molecular weight excluding hydrogens is 322 g/mol. The van der Waals surface area contributed by atoms with Crippen molar-refractivity contribution < 1.29 is 24.2 Å². The number of primary amides is 1. The van der Waals surface area contributed by atoms with Gasteiger partial charge >= 0.3 is 11.9 Å². The van der Waals surface area contributed by atoms with Gasteiger partial charge in [0.1, 0.15) is 12.5 Å². The van der Waals surface area contributed by atoms with Gasteiger partial charge in [-0.2, -0.15) is 0 Å². The van der Waals surface area contributed by atoms with Gasteiger partial charge in [0.15, 0.2) is 0 Å². The number of fused-ring (bicyclic) bond motifs is 3. The summed E-state index contributed by atoms with van der Waals surface area (Å²) >= 11 is 0. The topological polar surface area (TPSA) is 107 Å². The number of nitrogens with two attached hydrogens (primary N) is 1. The number of carbonyl (C=O) groups is 3. The number of hydrogen-bond donors (Lipinski definition) is 2. The highest BCUT2D eigenvalue weighted by atomic mass is 16.5. The van der Waals surface area contributed by atoms with Crippen LogP contribution in [-0.4, -0.2) is 29.6 Å².